The Bertz CT molecular complexity index is 105. The summed E-state index contributed by atoms with van der Waals surface area (Å²) in [6, 6.07) is 0. The Labute approximate surface area is 70.0 Å². The molecular weight excluding hydrogens is 229 g/mol. The fraction of sp³-hybridized carbons (Fsp3) is 1.00. The Hall–Kier alpha value is 0.650. The summed E-state index contributed by atoms with van der Waals surface area (Å²) in [6.45, 7) is 4.39. The lowest BCUT2D eigenvalue weighted by Crippen LogP contribution is -2.37. The molecule has 1 atom stereocenters. The van der Waals surface area contributed by atoms with E-state index in [1.807, 2.05) is 23.0 Å². The SMILES string of the molecule is CC1(C)CCC(OI)N1. The second-order valence-electron chi connectivity index (χ2n) is 3.14. The molecule has 0 radical (unpaired) electrons. The molecule has 3 heteroatoms. The highest BCUT2D eigenvalue weighted by Gasteiger charge is 2.29. The number of hydrogen-bond donors (Lipinski definition) is 1. The summed E-state index contributed by atoms with van der Waals surface area (Å²) in [6.07, 6.45) is 2.62. The van der Waals surface area contributed by atoms with Crippen LogP contribution >= 0.6 is 23.0 Å². The summed E-state index contributed by atoms with van der Waals surface area (Å²) < 4.78 is 5.11. The molecule has 0 spiro atoms. The average molecular weight is 241 g/mol. The maximum absolute atomic E-state index is 5.11. The molecule has 1 rings (SSSR count). The first-order valence-electron chi connectivity index (χ1n) is 3.19. The van der Waals surface area contributed by atoms with Gasteiger partial charge in [-0.05, 0) is 26.7 Å². The predicted molar refractivity (Wildman–Crippen MR) is 45.3 cm³/mol. The fourth-order valence-corrected chi connectivity index (χ4v) is 1.52. The van der Waals surface area contributed by atoms with Crippen molar-refractivity contribution in [2.75, 3.05) is 0 Å². The molecule has 1 unspecified atom stereocenters. The van der Waals surface area contributed by atoms with Gasteiger partial charge < -0.3 is 0 Å². The van der Waals surface area contributed by atoms with Gasteiger partial charge in [0.05, 0.1) is 0 Å². The van der Waals surface area contributed by atoms with Crippen LogP contribution in [0.3, 0.4) is 0 Å². The van der Waals surface area contributed by atoms with Crippen LogP contribution in [0, 0.1) is 0 Å². The van der Waals surface area contributed by atoms with Gasteiger partial charge in [-0.3, -0.25) is 8.38 Å². The average Bonchev–Trinajstić information content (AvgIpc) is 2.10. The van der Waals surface area contributed by atoms with Gasteiger partial charge in [0, 0.05) is 5.54 Å². The van der Waals surface area contributed by atoms with Gasteiger partial charge in [-0.25, -0.2) is 0 Å². The smallest absolute Gasteiger partial charge is 0.121 e. The van der Waals surface area contributed by atoms with E-state index in [0.717, 1.165) is 6.42 Å². The van der Waals surface area contributed by atoms with Crippen LogP contribution in [0.25, 0.3) is 0 Å². The molecule has 0 aromatic rings. The first-order chi connectivity index (χ1) is 4.14. The molecule has 0 aromatic heterocycles. The third kappa shape index (κ3) is 2.05. The lowest BCUT2D eigenvalue weighted by atomic mass is 10.0. The van der Waals surface area contributed by atoms with Gasteiger partial charge in [-0.1, -0.05) is 0 Å². The molecule has 1 N–H and O–H groups in total. The summed E-state index contributed by atoms with van der Waals surface area (Å²) in [5.74, 6) is 0. The summed E-state index contributed by atoms with van der Waals surface area (Å²) in [4.78, 5) is 0. The van der Waals surface area contributed by atoms with E-state index in [1.165, 1.54) is 6.42 Å². The Balaban J connectivity index is 2.38. The maximum Gasteiger partial charge on any atom is 0.121 e. The molecule has 2 nitrogen and oxygen atoms in total. The van der Waals surface area contributed by atoms with Crippen molar-refractivity contribution in [1.29, 1.82) is 0 Å². The van der Waals surface area contributed by atoms with E-state index < -0.39 is 0 Å². The minimum absolute atomic E-state index is 0.278. The van der Waals surface area contributed by atoms with Crippen molar-refractivity contribution in [2.24, 2.45) is 0 Å². The molecular formula is C6H12INO. The Morgan fingerprint density at radius 3 is 2.56 bits per heavy atom. The van der Waals surface area contributed by atoms with Crippen molar-refractivity contribution in [3.63, 3.8) is 0 Å². The molecule has 1 fully saturated rings. The minimum Gasteiger partial charge on any atom is -0.297 e. The topological polar surface area (TPSA) is 21.3 Å². The van der Waals surface area contributed by atoms with Crippen LogP contribution in [0.5, 0.6) is 0 Å². The van der Waals surface area contributed by atoms with Crippen molar-refractivity contribution in [3.8, 4) is 0 Å². The first-order valence-corrected chi connectivity index (χ1v) is 4.07. The first kappa shape index (κ1) is 7.75. The summed E-state index contributed by atoms with van der Waals surface area (Å²) in [5.41, 5.74) is 0.288. The van der Waals surface area contributed by atoms with Gasteiger partial charge in [0.2, 0.25) is 0 Å². The number of hydrogen-bond acceptors (Lipinski definition) is 2. The normalized spacial score (nSPS) is 33.0. The van der Waals surface area contributed by atoms with Crippen LogP contribution < -0.4 is 5.32 Å². The molecule has 0 aromatic carbocycles. The third-order valence-corrected chi connectivity index (χ3v) is 2.30. The van der Waals surface area contributed by atoms with Gasteiger partial charge in [-0.15, -0.1) is 0 Å². The lowest BCUT2D eigenvalue weighted by Gasteiger charge is -2.18. The maximum atomic E-state index is 5.11. The molecule has 9 heavy (non-hydrogen) atoms. The van der Waals surface area contributed by atoms with E-state index in [-0.39, 0.29) is 11.8 Å². The van der Waals surface area contributed by atoms with Crippen molar-refractivity contribution < 1.29 is 3.07 Å². The van der Waals surface area contributed by atoms with E-state index in [1.54, 1.807) is 0 Å². The van der Waals surface area contributed by atoms with Crippen LogP contribution in [0.1, 0.15) is 26.7 Å². The standard InChI is InChI=1S/C6H12INO/c1-6(2)4-3-5(8-6)9-7/h5,8H,3-4H2,1-2H3. The van der Waals surface area contributed by atoms with Crippen LogP contribution in [0.2, 0.25) is 0 Å². The van der Waals surface area contributed by atoms with Gasteiger partial charge >= 0.3 is 0 Å². The zero-order valence-electron chi connectivity index (χ0n) is 5.78. The zero-order chi connectivity index (χ0) is 6.91. The van der Waals surface area contributed by atoms with Crippen LogP contribution in [-0.4, -0.2) is 11.8 Å². The summed E-state index contributed by atoms with van der Waals surface area (Å²) in [5, 5.41) is 3.35. The van der Waals surface area contributed by atoms with Crippen molar-refractivity contribution >= 4 is 23.0 Å². The molecule has 0 saturated carbocycles. The highest BCUT2D eigenvalue weighted by atomic mass is 127. The second kappa shape index (κ2) is 2.72. The summed E-state index contributed by atoms with van der Waals surface area (Å²) in [7, 11) is 0. The Morgan fingerprint density at radius 2 is 2.33 bits per heavy atom. The lowest BCUT2D eigenvalue weighted by molar-refractivity contribution is 0.239. The Morgan fingerprint density at radius 1 is 1.67 bits per heavy atom. The number of rotatable bonds is 1. The minimum atomic E-state index is 0.278. The van der Waals surface area contributed by atoms with Crippen molar-refractivity contribution in [3.05, 3.63) is 0 Å². The molecule has 54 valence electrons. The monoisotopic (exact) mass is 241 g/mol. The molecule has 0 bridgehead atoms. The summed E-state index contributed by atoms with van der Waals surface area (Å²) >= 11 is 1.94. The molecule has 1 aliphatic heterocycles. The van der Waals surface area contributed by atoms with Gasteiger partial charge in [-0.2, -0.15) is 0 Å². The van der Waals surface area contributed by atoms with E-state index in [9.17, 15) is 0 Å². The molecule has 0 aliphatic carbocycles. The van der Waals surface area contributed by atoms with Gasteiger partial charge in [0.15, 0.2) is 0 Å². The zero-order valence-corrected chi connectivity index (χ0v) is 7.94. The van der Waals surface area contributed by atoms with E-state index in [2.05, 4.69) is 19.2 Å². The van der Waals surface area contributed by atoms with E-state index in [0.29, 0.717) is 0 Å². The van der Waals surface area contributed by atoms with Crippen LogP contribution in [-0.2, 0) is 3.07 Å². The molecule has 0 amide bonds. The van der Waals surface area contributed by atoms with Gasteiger partial charge in [0.25, 0.3) is 0 Å². The molecule has 1 heterocycles. The van der Waals surface area contributed by atoms with Gasteiger partial charge in [0.1, 0.15) is 29.2 Å². The second-order valence-corrected chi connectivity index (χ2v) is 3.65. The quantitative estimate of drug-likeness (QED) is 0.707. The van der Waals surface area contributed by atoms with Crippen molar-refractivity contribution in [2.45, 2.75) is 38.5 Å². The van der Waals surface area contributed by atoms with Crippen LogP contribution in [0.4, 0.5) is 0 Å². The molecule has 1 saturated heterocycles. The van der Waals surface area contributed by atoms with Crippen molar-refractivity contribution in [1.82, 2.24) is 5.32 Å². The van der Waals surface area contributed by atoms with E-state index >= 15 is 0 Å². The highest BCUT2D eigenvalue weighted by molar-refractivity contribution is 14.1. The number of halogens is 1. The fourth-order valence-electron chi connectivity index (χ4n) is 1.14. The predicted octanol–water partition coefficient (Wildman–Crippen LogP) is 1.84. The molecule has 1 aliphatic rings. The highest BCUT2D eigenvalue weighted by Crippen LogP contribution is 2.23. The third-order valence-electron chi connectivity index (χ3n) is 1.69. The van der Waals surface area contributed by atoms with E-state index in [4.69, 9.17) is 3.07 Å². The Kier molecular flexibility index (Phi) is 2.34. The largest absolute Gasteiger partial charge is 0.297 e. The van der Waals surface area contributed by atoms with Crippen LogP contribution in [0.15, 0.2) is 0 Å². The number of nitrogens with one attached hydrogen (secondary N) is 1.